The first kappa shape index (κ1) is 77.8. The lowest BCUT2D eigenvalue weighted by molar-refractivity contribution is 0.461. The summed E-state index contributed by atoms with van der Waals surface area (Å²) in [5.74, 6) is -0.721. The van der Waals surface area contributed by atoms with Crippen LogP contribution in [0.1, 0.15) is 5.56 Å². The van der Waals surface area contributed by atoms with Crippen molar-refractivity contribution in [2.45, 2.75) is 58.7 Å². The van der Waals surface area contributed by atoms with E-state index in [1.807, 2.05) is 66.7 Å². The summed E-state index contributed by atoms with van der Waals surface area (Å²) >= 11 is 20.2. The van der Waals surface area contributed by atoms with Crippen molar-refractivity contribution in [1.82, 2.24) is 0 Å². The second-order valence-electron chi connectivity index (χ2n) is 20.5. The van der Waals surface area contributed by atoms with Crippen molar-refractivity contribution in [2.24, 2.45) is 0 Å². The van der Waals surface area contributed by atoms with Crippen LogP contribution in [0.2, 0.25) is 5.02 Å². The van der Waals surface area contributed by atoms with E-state index >= 15 is 0 Å². The van der Waals surface area contributed by atoms with Gasteiger partial charge in [0.25, 0.3) is 0 Å². The van der Waals surface area contributed by atoms with Gasteiger partial charge in [0.1, 0.15) is 69.4 Å². The molecule has 22 heteroatoms. The van der Waals surface area contributed by atoms with E-state index in [2.05, 4.69) is 31.9 Å². The van der Waals surface area contributed by atoms with Gasteiger partial charge in [-0.3, -0.25) is 0 Å². The molecule has 0 aliphatic rings. The maximum Gasteiger partial charge on any atom is 0.130 e. The van der Waals surface area contributed by atoms with E-state index in [1.54, 1.807) is 140 Å². The van der Waals surface area contributed by atoms with E-state index in [9.17, 15) is 57.0 Å². The molecule has 13 aromatic carbocycles. The Labute approximate surface area is 626 Å². The predicted molar refractivity (Wildman–Crippen MR) is 402 cm³/mol. The molecule has 510 valence electrons. The number of phenols is 6. The van der Waals surface area contributed by atoms with E-state index in [0.29, 0.717) is 40.0 Å². The summed E-state index contributed by atoms with van der Waals surface area (Å²) in [6.07, 6.45) is 0. The summed E-state index contributed by atoms with van der Waals surface area (Å²) in [7, 11) is 0. The van der Waals surface area contributed by atoms with Crippen molar-refractivity contribution in [3.63, 3.8) is 0 Å². The highest BCUT2D eigenvalue weighted by Crippen LogP contribution is 2.42. The Balaban J connectivity index is 0.000000155. The minimum absolute atomic E-state index is 0.0817. The molecule has 0 saturated heterocycles. The third-order valence-corrected chi connectivity index (χ3v) is 20.4. The molecule has 0 amide bonds. The van der Waals surface area contributed by atoms with Crippen molar-refractivity contribution in [2.75, 3.05) is 0 Å². The standard InChI is InChI=1S/C18H13FOS.C13H8FNOS.2C12H8BrFOS.C12H8ClFOS.C12H9FOS/c19-15-7-4-8-16(12-15)21-18-11-14(9-10-17(18)20)13-5-2-1-3-6-13;14-10-2-1-3-11(7-10)17-13-6-9(8-15)4-5-12(13)16;13-8-4-5-12(11(15)6-8)16-10-3-1-2-9(14)7-10;2*13-8-4-5-11(15)12(6-8)16-10-3-1-2-9(14)7-10;13-9-4-3-5-10(8-9)15-12-7-2-1-6-11(12)14/h1-12,20H;1-7,16H;3*1-7,15H;1-8,14H. The Morgan fingerprint density at radius 1 is 0.267 bits per heavy atom. The fourth-order valence-electron chi connectivity index (χ4n) is 8.28. The highest BCUT2D eigenvalue weighted by atomic mass is 79.9. The molecule has 0 aromatic heterocycles. The van der Waals surface area contributed by atoms with Crippen LogP contribution in [0.4, 0.5) is 26.3 Å². The highest BCUT2D eigenvalue weighted by Gasteiger charge is 2.12. The monoisotopic (exact) mass is 1610 g/mol. The Hall–Kier alpha value is -8.92. The second kappa shape index (κ2) is 39.9. The molecule has 13 rings (SSSR count). The van der Waals surface area contributed by atoms with Crippen LogP contribution in [0.15, 0.2) is 359 Å². The normalized spacial score (nSPS) is 10.3. The van der Waals surface area contributed by atoms with Crippen LogP contribution in [-0.4, -0.2) is 30.6 Å². The number of nitriles is 1. The average Bonchev–Trinajstić information content (AvgIpc) is 0.863. The number of hydrogen-bond donors (Lipinski definition) is 6. The van der Waals surface area contributed by atoms with Crippen molar-refractivity contribution in [3.05, 3.63) is 346 Å². The number of benzene rings is 13. The zero-order chi connectivity index (χ0) is 72.2. The molecule has 101 heavy (non-hydrogen) atoms. The van der Waals surface area contributed by atoms with Crippen molar-refractivity contribution in [3.8, 4) is 51.7 Å². The lowest BCUT2D eigenvalue weighted by Gasteiger charge is -2.08. The highest BCUT2D eigenvalue weighted by molar-refractivity contribution is 9.10. The minimum atomic E-state index is -0.328. The summed E-state index contributed by atoms with van der Waals surface area (Å²) in [6.45, 7) is 0. The zero-order valence-corrected chi connectivity index (χ0v) is 61.0. The summed E-state index contributed by atoms with van der Waals surface area (Å²) in [5, 5.41) is 67.4. The molecule has 0 fully saturated rings. The Kier molecular flexibility index (Phi) is 30.7. The van der Waals surface area contributed by atoms with Crippen LogP contribution in [-0.2, 0) is 0 Å². The van der Waals surface area contributed by atoms with Crippen LogP contribution in [0.3, 0.4) is 0 Å². The van der Waals surface area contributed by atoms with Crippen LogP contribution < -0.4 is 0 Å². The average molecular weight is 1610 g/mol. The van der Waals surface area contributed by atoms with Gasteiger partial charge in [0, 0.05) is 43.3 Å². The molecular weight excluding hydrogens is 1560 g/mol. The lowest BCUT2D eigenvalue weighted by Crippen LogP contribution is -1.81. The summed E-state index contributed by atoms with van der Waals surface area (Å²) in [6, 6.07) is 81.6. The number of hydrogen-bond acceptors (Lipinski definition) is 13. The summed E-state index contributed by atoms with van der Waals surface area (Å²) in [4.78, 5) is 8.43. The molecular formula is C79H54Br2ClF6NO6S6. The fourth-order valence-corrected chi connectivity index (χ4v) is 14.9. The number of halogens is 9. The van der Waals surface area contributed by atoms with Gasteiger partial charge in [-0.15, -0.1) is 0 Å². The number of nitrogens with zero attached hydrogens (tertiary/aromatic N) is 1. The van der Waals surface area contributed by atoms with Gasteiger partial charge < -0.3 is 30.6 Å². The maximum absolute atomic E-state index is 13.2. The molecule has 0 saturated carbocycles. The van der Waals surface area contributed by atoms with Crippen molar-refractivity contribution in [1.29, 1.82) is 5.26 Å². The number of aromatic hydroxyl groups is 6. The molecule has 13 aromatic rings. The van der Waals surface area contributed by atoms with E-state index < -0.39 is 0 Å². The van der Waals surface area contributed by atoms with E-state index in [4.69, 9.17) is 16.9 Å². The largest absolute Gasteiger partial charge is 0.507 e. The van der Waals surface area contributed by atoms with E-state index in [1.165, 1.54) is 162 Å². The van der Waals surface area contributed by atoms with Crippen LogP contribution in [0.5, 0.6) is 34.5 Å². The van der Waals surface area contributed by atoms with Gasteiger partial charge in [0.2, 0.25) is 0 Å². The van der Waals surface area contributed by atoms with Gasteiger partial charge in [-0.2, -0.15) is 5.26 Å². The Bertz CT molecular complexity index is 4860. The first-order valence-electron chi connectivity index (χ1n) is 29.6. The van der Waals surface area contributed by atoms with E-state index in [-0.39, 0.29) is 69.4 Å². The first-order valence-corrected chi connectivity index (χ1v) is 36.4. The molecule has 0 spiro atoms. The second-order valence-corrected chi connectivity index (χ2v) is 29.5. The van der Waals surface area contributed by atoms with Gasteiger partial charge in [0.05, 0.1) is 41.0 Å². The summed E-state index contributed by atoms with van der Waals surface area (Å²) < 4.78 is 79.7. The number of phenolic OH excluding ortho intramolecular Hbond substituents is 6. The quantitative estimate of drug-likeness (QED) is 0.0610. The molecule has 7 nitrogen and oxygen atoms in total. The smallest absolute Gasteiger partial charge is 0.130 e. The topological polar surface area (TPSA) is 145 Å². The molecule has 6 N–H and O–H groups in total. The fraction of sp³-hybridized carbons (Fsp3) is 0. The first-order chi connectivity index (χ1) is 48.6. The molecule has 0 aliphatic heterocycles. The lowest BCUT2D eigenvalue weighted by atomic mass is 10.1. The third kappa shape index (κ3) is 26.5. The van der Waals surface area contributed by atoms with Gasteiger partial charge >= 0.3 is 0 Å². The molecule has 0 unspecified atom stereocenters. The van der Waals surface area contributed by atoms with Crippen molar-refractivity contribution < 1.29 is 57.0 Å². The number of rotatable bonds is 13. The van der Waals surface area contributed by atoms with Gasteiger partial charge in [-0.25, -0.2) is 26.3 Å². The Morgan fingerprint density at radius 2 is 0.594 bits per heavy atom. The predicted octanol–water partition coefficient (Wildman–Crippen LogP) is 25.8. The minimum Gasteiger partial charge on any atom is -0.507 e. The molecule has 0 atom stereocenters. The van der Waals surface area contributed by atoms with Gasteiger partial charge in [-0.05, 0) is 217 Å². The maximum atomic E-state index is 13.2. The molecule has 0 bridgehead atoms. The zero-order valence-electron chi connectivity index (χ0n) is 52.2. The molecule has 0 radical (unpaired) electrons. The van der Waals surface area contributed by atoms with Gasteiger partial charge in [0.15, 0.2) is 0 Å². The number of para-hydroxylation sites is 1. The summed E-state index contributed by atoms with van der Waals surface area (Å²) in [5.41, 5.74) is 2.56. The Morgan fingerprint density at radius 3 is 1.01 bits per heavy atom. The van der Waals surface area contributed by atoms with E-state index in [0.717, 1.165) is 49.4 Å². The van der Waals surface area contributed by atoms with Crippen LogP contribution in [0, 0.1) is 46.2 Å². The van der Waals surface area contributed by atoms with Gasteiger partial charge in [-0.1, -0.05) is 199 Å². The SMILES string of the molecule is N#Cc1ccc(O)c(Sc2cccc(F)c2)c1.Oc1cc(Br)ccc1Sc1cccc(F)c1.Oc1ccc(-c2ccccc2)cc1Sc1cccc(F)c1.Oc1ccc(Br)cc1Sc1cccc(F)c1.Oc1ccc(Cl)cc1Sc1cccc(F)c1.Oc1ccccc1Sc1cccc(F)c1. The van der Waals surface area contributed by atoms with Crippen LogP contribution >= 0.6 is 114 Å². The third-order valence-electron chi connectivity index (χ3n) is 12.9. The van der Waals surface area contributed by atoms with Crippen LogP contribution in [0.25, 0.3) is 11.1 Å². The van der Waals surface area contributed by atoms with Crippen molar-refractivity contribution >= 4 is 114 Å². The molecule has 0 heterocycles. The molecule has 0 aliphatic carbocycles.